The van der Waals surface area contributed by atoms with Crippen LogP contribution >= 0.6 is 0 Å². The van der Waals surface area contributed by atoms with E-state index in [0.717, 1.165) is 31.5 Å². The first-order valence-electron chi connectivity index (χ1n) is 7.11. The van der Waals surface area contributed by atoms with Gasteiger partial charge in [-0.3, -0.25) is 0 Å². The molecule has 1 saturated heterocycles. The van der Waals surface area contributed by atoms with Gasteiger partial charge in [-0.15, -0.1) is 0 Å². The quantitative estimate of drug-likeness (QED) is 0.882. The summed E-state index contributed by atoms with van der Waals surface area (Å²) >= 11 is 0. The molecular weight excluding hydrogens is 238 g/mol. The van der Waals surface area contributed by atoms with E-state index in [1.807, 2.05) is 0 Å². The molecule has 1 aliphatic heterocycles. The molecule has 1 aromatic carbocycles. The summed E-state index contributed by atoms with van der Waals surface area (Å²) in [5, 5.41) is 3.65. The molecule has 1 N–H and O–H groups in total. The molecular formula is C16H23NO2. The van der Waals surface area contributed by atoms with E-state index in [0.29, 0.717) is 0 Å². The van der Waals surface area contributed by atoms with Crippen LogP contribution in [-0.4, -0.2) is 32.9 Å². The predicted molar refractivity (Wildman–Crippen MR) is 76.0 cm³/mol. The molecule has 1 aliphatic carbocycles. The van der Waals surface area contributed by atoms with Gasteiger partial charge in [0, 0.05) is 18.2 Å². The van der Waals surface area contributed by atoms with Crippen molar-refractivity contribution in [3.63, 3.8) is 0 Å². The van der Waals surface area contributed by atoms with Crippen LogP contribution in [0.25, 0.3) is 0 Å². The van der Waals surface area contributed by atoms with Crippen molar-refractivity contribution in [3.8, 4) is 5.75 Å². The first-order valence-corrected chi connectivity index (χ1v) is 7.11. The van der Waals surface area contributed by atoms with Gasteiger partial charge in [0.05, 0.1) is 25.7 Å². The van der Waals surface area contributed by atoms with Gasteiger partial charge in [0.15, 0.2) is 0 Å². The molecule has 0 amide bonds. The second-order valence-electron chi connectivity index (χ2n) is 6.09. The van der Waals surface area contributed by atoms with Gasteiger partial charge < -0.3 is 14.8 Å². The number of hydrogen-bond donors (Lipinski definition) is 1. The molecule has 0 bridgehead atoms. The summed E-state index contributed by atoms with van der Waals surface area (Å²) in [6.45, 7) is 6.86. The molecule has 1 saturated carbocycles. The summed E-state index contributed by atoms with van der Waals surface area (Å²) in [5.74, 6) is 1.03. The topological polar surface area (TPSA) is 30.5 Å². The monoisotopic (exact) mass is 261 g/mol. The molecule has 2 fully saturated rings. The van der Waals surface area contributed by atoms with Crippen molar-refractivity contribution in [3.05, 3.63) is 28.8 Å². The summed E-state index contributed by atoms with van der Waals surface area (Å²) in [6, 6.07) is 5.18. The summed E-state index contributed by atoms with van der Waals surface area (Å²) in [5.41, 5.74) is 3.93. The molecule has 0 atom stereocenters. The van der Waals surface area contributed by atoms with E-state index >= 15 is 0 Å². The highest BCUT2D eigenvalue weighted by Crippen LogP contribution is 2.40. The Morgan fingerprint density at radius 2 is 2.05 bits per heavy atom. The van der Waals surface area contributed by atoms with Crippen molar-refractivity contribution < 1.29 is 9.47 Å². The Morgan fingerprint density at radius 3 is 2.58 bits per heavy atom. The first-order chi connectivity index (χ1) is 9.14. The predicted octanol–water partition coefficient (Wildman–Crippen LogP) is 2.33. The zero-order valence-corrected chi connectivity index (χ0v) is 12.1. The van der Waals surface area contributed by atoms with E-state index in [4.69, 9.17) is 9.47 Å². The summed E-state index contributed by atoms with van der Waals surface area (Å²) in [6.07, 6.45) is 2.64. The van der Waals surface area contributed by atoms with E-state index in [1.54, 1.807) is 7.11 Å². The van der Waals surface area contributed by atoms with Gasteiger partial charge in [-0.05, 0) is 32.3 Å². The lowest BCUT2D eigenvalue weighted by Gasteiger charge is -2.43. The van der Waals surface area contributed by atoms with Crippen LogP contribution in [0.2, 0.25) is 0 Å². The number of rotatable bonds is 5. The fraction of sp³-hybridized carbons (Fsp3) is 0.625. The van der Waals surface area contributed by atoms with Crippen molar-refractivity contribution >= 4 is 0 Å². The minimum absolute atomic E-state index is 0.102. The van der Waals surface area contributed by atoms with E-state index in [-0.39, 0.29) is 5.41 Å². The Bertz CT molecular complexity index is 476. The molecule has 0 radical (unpaired) electrons. The smallest absolute Gasteiger partial charge is 0.125 e. The van der Waals surface area contributed by atoms with Crippen molar-refractivity contribution in [2.45, 2.75) is 38.1 Å². The number of hydrogen-bond acceptors (Lipinski definition) is 3. The van der Waals surface area contributed by atoms with Gasteiger partial charge in [0.1, 0.15) is 5.75 Å². The highest BCUT2D eigenvalue weighted by molar-refractivity contribution is 5.49. The highest BCUT2D eigenvalue weighted by atomic mass is 16.5. The van der Waals surface area contributed by atoms with Crippen molar-refractivity contribution in [2.24, 2.45) is 0 Å². The molecule has 0 aromatic heterocycles. The second kappa shape index (κ2) is 4.80. The molecule has 104 valence electrons. The molecule has 3 heteroatoms. The summed E-state index contributed by atoms with van der Waals surface area (Å²) in [7, 11) is 1.77. The van der Waals surface area contributed by atoms with Crippen molar-refractivity contribution in [1.29, 1.82) is 0 Å². The third-order valence-corrected chi connectivity index (χ3v) is 4.26. The van der Waals surface area contributed by atoms with Gasteiger partial charge in [0.25, 0.3) is 0 Å². The molecule has 0 unspecified atom stereocenters. The normalized spacial score (nSPS) is 21.0. The lowest BCUT2D eigenvalue weighted by atomic mass is 9.76. The van der Waals surface area contributed by atoms with E-state index < -0.39 is 0 Å². The molecule has 1 aromatic rings. The van der Waals surface area contributed by atoms with Crippen molar-refractivity contribution in [1.82, 2.24) is 5.32 Å². The third kappa shape index (κ3) is 2.37. The summed E-state index contributed by atoms with van der Waals surface area (Å²) < 4.78 is 11.2. The maximum Gasteiger partial charge on any atom is 0.125 e. The van der Waals surface area contributed by atoms with Crippen LogP contribution in [0.4, 0.5) is 0 Å². The molecule has 1 heterocycles. The Balaban J connectivity index is 1.92. The Kier molecular flexibility index (Phi) is 3.27. The standard InChI is InChI=1S/C16H23NO2/c1-11-6-12(2)15(18-3)14(7-11)16(9-19-10-16)8-17-13-4-5-13/h6-7,13,17H,4-5,8-10H2,1-3H3. The molecule has 0 spiro atoms. The van der Waals surface area contributed by atoms with Crippen LogP contribution in [-0.2, 0) is 10.2 Å². The average molecular weight is 261 g/mol. The SMILES string of the molecule is COc1c(C)cc(C)cc1C1(CNC2CC2)COC1. The molecule has 19 heavy (non-hydrogen) atoms. The lowest BCUT2D eigenvalue weighted by molar-refractivity contribution is -0.0601. The fourth-order valence-electron chi connectivity index (χ4n) is 2.95. The Labute approximate surface area is 115 Å². The first kappa shape index (κ1) is 12.9. The Hall–Kier alpha value is -1.06. The van der Waals surface area contributed by atoms with Crippen LogP contribution < -0.4 is 10.1 Å². The summed E-state index contributed by atoms with van der Waals surface area (Å²) in [4.78, 5) is 0. The van der Waals surface area contributed by atoms with Gasteiger partial charge in [-0.1, -0.05) is 17.7 Å². The van der Waals surface area contributed by atoms with Crippen LogP contribution in [0.15, 0.2) is 12.1 Å². The van der Waals surface area contributed by atoms with Gasteiger partial charge in [-0.2, -0.15) is 0 Å². The number of nitrogens with one attached hydrogen (secondary N) is 1. The van der Waals surface area contributed by atoms with Crippen LogP contribution in [0, 0.1) is 13.8 Å². The van der Waals surface area contributed by atoms with E-state index in [1.165, 1.54) is 29.5 Å². The highest BCUT2D eigenvalue weighted by Gasteiger charge is 2.43. The van der Waals surface area contributed by atoms with Crippen LogP contribution in [0.1, 0.15) is 29.5 Å². The lowest BCUT2D eigenvalue weighted by Crippen LogP contribution is -2.54. The number of benzene rings is 1. The zero-order chi connectivity index (χ0) is 13.5. The zero-order valence-electron chi connectivity index (χ0n) is 12.1. The second-order valence-corrected chi connectivity index (χ2v) is 6.09. The maximum atomic E-state index is 5.65. The van der Waals surface area contributed by atoms with E-state index in [2.05, 4.69) is 31.3 Å². The van der Waals surface area contributed by atoms with Crippen LogP contribution in [0.3, 0.4) is 0 Å². The van der Waals surface area contributed by atoms with Gasteiger partial charge in [0.2, 0.25) is 0 Å². The number of ether oxygens (including phenoxy) is 2. The fourth-order valence-corrected chi connectivity index (χ4v) is 2.95. The van der Waals surface area contributed by atoms with Crippen molar-refractivity contribution in [2.75, 3.05) is 26.9 Å². The minimum atomic E-state index is 0.102. The molecule has 3 rings (SSSR count). The van der Waals surface area contributed by atoms with Gasteiger partial charge in [-0.25, -0.2) is 0 Å². The Morgan fingerprint density at radius 1 is 1.32 bits per heavy atom. The number of aryl methyl sites for hydroxylation is 2. The molecule has 2 aliphatic rings. The molecule has 3 nitrogen and oxygen atoms in total. The minimum Gasteiger partial charge on any atom is -0.496 e. The van der Waals surface area contributed by atoms with E-state index in [9.17, 15) is 0 Å². The maximum absolute atomic E-state index is 5.65. The van der Waals surface area contributed by atoms with Gasteiger partial charge >= 0.3 is 0 Å². The largest absolute Gasteiger partial charge is 0.496 e. The average Bonchev–Trinajstić information content (AvgIpc) is 3.11. The number of methoxy groups -OCH3 is 1. The third-order valence-electron chi connectivity index (χ3n) is 4.26. The van der Waals surface area contributed by atoms with Crippen LogP contribution in [0.5, 0.6) is 5.75 Å².